The highest BCUT2D eigenvalue weighted by Gasteiger charge is 2.23. The number of benzene rings is 1. The monoisotopic (exact) mass is 278 g/mol. The maximum Gasteiger partial charge on any atom is 0.128 e. The van der Waals surface area contributed by atoms with Gasteiger partial charge in [-0.25, -0.2) is 4.39 Å². The highest BCUT2D eigenvalue weighted by molar-refractivity contribution is 5.55. The van der Waals surface area contributed by atoms with Crippen molar-refractivity contribution in [2.24, 2.45) is 5.73 Å². The Morgan fingerprint density at radius 2 is 2.15 bits per heavy atom. The topological polar surface area (TPSA) is 29.3 Å². The summed E-state index contributed by atoms with van der Waals surface area (Å²) in [7, 11) is 0. The molecular formula is C17H27FN2. The maximum absolute atomic E-state index is 14.2. The molecule has 2 N–H and O–H groups in total. The van der Waals surface area contributed by atoms with E-state index in [1.54, 1.807) is 6.07 Å². The Morgan fingerprint density at radius 1 is 1.35 bits per heavy atom. The quantitative estimate of drug-likeness (QED) is 0.905. The van der Waals surface area contributed by atoms with Gasteiger partial charge in [-0.15, -0.1) is 0 Å². The van der Waals surface area contributed by atoms with Gasteiger partial charge in [0.15, 0.2) is 0 Å². The molecule has 2 rings (SSSR count). The molecule has 2 atom stereocenters. The average Bonchev–Trinajstić information content (AvgIpc) is 2.65. The Morgan fingerprint density at radius 3 is 2.85 bits per heavy atom. The van der Waals surface area contributed by atoms with E-state index in [0.717, 1.165) is 24.2 Å². The van der Waals surface area contributed by atoms with E-state index >= 15 is 0 Å². The molecule has 1 aromatic carbocycles. The second-order valence-corrected chi connectivity index (χ2v) is 6.02. The van der Waals surface area contributed by atoms with Gasteiger partial charge in [0.2, 0.25) is 0 Å². The zero-order valence-electron chi connectivity index (χ0n) is 12.7. The maximum atomic E-state index is 14.2. The van der Waals surface area contributed by atoms with E-state index in [9.17, 15) is 4.39 Å². The fourth-order valence-corrected chi connectivity index (χ4v) is 3.26. The number of rotatable bonds is 4. The number of anilines is 1. The van der Waals surface area contributed by atoms with Crippen molar-refractivity contribution in [1.82, 2.24) is 0 Å². The van der Waals surface area contributed by atoms with E-state index in [1.165, 1.54) is 25.7 Å². The van der Waals surface area contributed by atoms with E-state index in [0.29, 0.717) is 12.5 Å². The molecule has 1 aliphatic heterocycles. The predicted octanol–water partition coefficient (Wildman–Crippen LogP) is 3.87. The van der Waals surface area contributed by atoms with Gasteiger partial charge in [0.05, 0.1) is 0 Å². The molecule has 1 aromatic rings. The van der Waals surface area contributed by atoms with Crippen molar-refractivity contribution in [3.05, 3.63) is 29.6 Å². The van der Waals surface area contributed by atoms with Gasteiger partial charge in [-0.3, -0.25) is 0 Å². The molecule has 2 nitrogen and oxygen atoms in total. The summed E-state index contributed by atoms with van der Waals surface area (Å²) in [4.78, 5) is 2.42. The van der Waals surface area contributed by atoms with Crippen molar-refractivity contribution in [3.63, 3.8) is 0 Å². The van der Waals surface area contributed by atoms with Crippen LogP contribution < -0.4 is 10.6 Å². The number of halogens is 1. The molecule has 1 fully saturated rings. The summed E-state index contributed by atoms with van der Waals surface area (Å²) in [5.74, 6) is -0.112. The Balaban J connectivity index is 2.35. The summed E-state index contributed by atoms with van der Waals surface area (Å²) in [6.07, 6.45) is 6.70. The van der Waals surface area contributed by atoms with Crippen LogP contribution >= 0.6 is 0 Å². The molecule has 3 heteroatoms. The zero-order chi connectivity index (χ0) is 14.5. The van der Waals surface area contributed by atoms with Gasteiger partial charge in [0.1, 0.15) is 5.82 Å². The Kier molecular flexibility index (Phi) is 5.41. The smallest absolute Gasteiger partial charge is 0.128 e. The van der Waals surface area contributed by atoms with Crippen LogP contribution in [0.25, 0.3) is 0 Å². The van der Waals surface area contributed by atoms with E-state index in [1.807, 2.05) is 13.0 Å². The highest BCUT2D eigenvalue weighted by Crippen LogP contribution is 2.30. The second kappa shape index (κ2) is 7.07. The molecule has 0 amide bonds. The van der Waals surface area contributed by atoms with Crippen molar-refractivity contribution in [1.29, 1.82) is 0 Å². The summed E-state index contributed by atoms with van der Waals surface area (Å²) < 4.78 is 14.2. The summed E-state index contributed by atoms with van der Waals surface area (Å²) in [5.41, 5.74) is 7.76. The van der Waals surface area contributed by atoms with Crippen LogP contribution in [0.15, 0.2) is 18.2 Å². The third kappa shape index (κ3) is 3.51. The van der Waals surface area contributed by atoms with Gasteiger partial charge in [-0.05, 0) is 44.7 Å². The average molecular weight is 278 g/mol. The van der Waals surface area contributed by atoms with Crippen LogP contribution in [0.4, 0.5) is 10.1 Å². The summed E-state index contributed by atoms with van der Waals surface area (Å²) in [5, 5.41) is 0. The number of nitrogens with zero attached hydrogens (tertiary/aromatic N) is 1. The van der Waals surface area contributed by atoms with Gasteiger partial charge in [0, 0.05) is 29.9 Å². The normalized spacial score (nSPS) is 21.6. The van der Waals surface area contributed by atoms with Crippen molar-refractivity contribution in [3.8, 4) is 0 Å². The molecule has 0 aromatic heterocycles. The molecule has 1 heterocycles. The van der Waals surface area contributed by atoms with Gasteiger partial charge < -0.3 is 10.6 Å². The van der Waals surface area contributed by atoms with E-state index in [4.69, 9.17) is 5.73 Å². The standard InChI is InChI=1S/C17H27FN2/c1-3-14-8-5-4-6-11-20(14)17-10-7-9-16(18)15(17)12-13(2)19/h7,9-10,13-14H,3-6,8,11-12,19H2,1-2H3. The van der Waals surface area contributed by atoms with Crippen molar-refractivity contribution < 1.29 is 4.39 Å². The van der Waals surface area contributed by atoms with Crippen molar-refractivity contribution in [2.75, 3.05) is 11.4 Å². The first-order chi connectivity index (χ1) is 9.63. The zero-order valence-corrected chi connectivity index (χ0v) is 12.7. The molecule has 1 aliphatic rings. The fraction of sp³-hybridized carbons (Fsp3) is 0.647. The molecule has 0 bridgehead atoms. The number of hydrogen-bond acceptors (Lipinski definition) is 2. The van der Waals surface area contributed by atoms with Crippen LogP contribution in [0, 0.1) is 5.82 Å². The minimum atomic E-state index is -0.112. The molecule has 1 saturated heterocycles. The van der Waals surface area contributed by atoms with Crippen molar-refractivity contribution >= 4 is 5.69 Å². The summed E-state index contributed by atoms with van der Waals surface area (Å²) in [6.45, 7) is 5.21. The number of nitrogens with two attached hydrogens (primary N) is 1. The van der Waals surface area contributed by atoms with Crippen LogP contribution in [0.3, 0.4) is 0 Å². The van der Waals surface area contributed by atoms with Gasteiger partial charge in [-0.2, -0.15) is 0 Å². The van der Waals surface area contributed by atoms with Gasteiger partial charge in [-0.1, -0.05) is 25.8 Å². The fourth-order valence-electron chi connectivity index (χ4n) is 3.26. The minimum Gasteiger partial charge on any atom is -0.368 e. The first-order valence-electron chi connectivity index (χ1n) is 7.93. The van der Waals surface area contributed by atoms with Crippen molar-refractivity contribution in [2.45, 2.75) is 64.5 Å². The lowest BCUT2D eigenvalue weighted by Crippen LogP contribution is -2.35. The molecule has 112 valence electrons. The van der Waals surface area contributed by atoms with Gasteiger partial charge >= 0.3 is 0 Å². The van der Waals surface area contributed by atoms with Crippen LogP contribution in [0.5, 0.6) is 0 Å². The van der Waals surface area contributed by atoms with E-state index < -0.39 is 0 Å². The number of hydrogen-bond donors (Lipinski definition) is 1. The van der Waals surface area contributed by atoms with Gasteiger partial charge in [0.25, 0.3) is 0 Å². The molecular weight excluding hydrogens is 251 g/mol. The Hall–Kier alpha value is -1.09. The Bertz CT molecular complexity index is 431. The Labute approximate surface area is 122 Å². The second-order valence-electron chi connectivity index (χ2n) is 6.02. The predicted molar refractivity (Wildman–Crippen MR) is 83.6 cm³/mol. The minimum absolute atomic E-state index is 0.0160. The third-order valence-electron chi connectivity index (χ3n) is 4.28. The summed E-state index contributed by atoms with van der Waals surface area (Å²) >= 11 is 0. The van der Waals surface area contributed by atoms with E-state index in [2.05, 4.69) is 17.9 Å². The largest absolute Gasteiger partial charge is 0.368 e. The first-order valence-corrected chi connectivity index (χ1v) is 7.93. The SMILES string of the molecule is CCC1CCCCCN1c1cccc(F)c1CC(C)N. The molecule has 0 saturated carbocycles. The highest BCUT2D eigenvalue weighted by atomic mass is 19.1. The van der Waals surface area contributed by atoms with Crippen LogP contribution in [0.2, 0.25) is 0 Å². The molecule has 0 aliphatic carbocycles. The third-order valence-corrected chi connectivity index (χ3v) is 4.28. The lowest BCUT2D eigenvalue weighted by Gasteiger charge is -2.33. The lowest BCUT2D eigenvalue weighted by atomic mass is 10.0. The summed E-state index contributed by atoms with van der Waals surface area (Å²) in [6, 6.07) is 5.96. The molecule has 2 unspecified atom stereocenters. The van der Waals surface area contributed by atoms with Crippen LogP contribution in [0.1, 0.15) is 51.5 Å². The lowest BCUT2D eigenvalue weighted by molar-refractivity contribution is 0.547. The van der Waals surface area contributed by atoms with Crippen LogP contribution in [-0.2, 0) is 6.42 Å². The van der Waals surface area contributed by atoms with E-state index in [-0.39, 0.29) is 11.9 Å². The van der Waals surface area contributed by atoms with Crippen LogP contribution in [-0.4, -0.2) is 18.6 Å². The molecule has 20 heavy (non-hydrogen) atoms. The molecule has 0 radical (unpaired) electrons. The first kappa shape index (κ1) is 15.3. The molecule has 0 spiro atoms.